The van der Waals surface area contributed by atoms with Gasteiger partial charge in [0, 0.05) is 29.2 Å². The number of carbonyl (C=O) groups is 1. The molecule has 0 saturated carbocycles. The average molecular weight is 400 g/mol. The molecular formula is C19H16N2O4S2. The van der Waals surface area contributed by atoms with Crippen LogP contribution < -0.4 is 10.1 Å². The summed E-state index contributed by atoms with van der Waals surface area (Å²) in [5.74, 6) is 0.582. The van der Waals surface area contributed by atoms with Gasteiger partial charge in [-0.2, -0.15) is 0 Å². The maximum absolute atomic E-state index is 12.4. The van der Waals surface area contributed by atoms with Crippen molar-refractivity contribution in [3.8, 4) is 17.0 Å². The van der Waals surface area contributed by atoms with Crippen LogP contribution in [0.4, 0.5) is 5.13 Å². The second-order valence-corrected chi connectivity index (χ2v) is 9.08. The van der Waals surface area contributed by atoms with Crippen molar-refractivity contribution < 1.29 is 17.9 Å². The third-order valence-corrected chi connectivity index (χ3v) is 6.14. The van der Waals surface area contributed by atoms with Gasteiger partial charge in [0.05, 0.1) is 17.2 Å². The minimum absolute atomic E-state index is 0.177. The van der Waals surface area contributed by atoms with Crippen LogP contribution in [0.5, 0.6) is 5.75 Å². The Morgan fingerprint density at radius 1 is 1.19 bits per heavy atom. The van der Waals surface area contributed by atoms with E-state index in [1.165, 1.54) is 35.6 Å². The summed E-state index contributed by atoms with van der Waals surface area (Å²) in [6, 6.07) is 11.8. The van der Waals surface area contributed by atoms with Crippen molar-refractivity contribution in [3.05, 3.63) is 59.0 Å². The maximum Gasteiger partial charge on any atom is 0.257 e. The number of hydrogen-bond acceptors (Lipinski definition) is 6. The van der Waals surface area contributed by atoms with Crippen LogP contribution >= 0.6 is 11.3 Å². The maximum atomic E-state index is 12.4. The van der Waals surface area contributed by atoms with E-state index in [4.69, 9.17) is 4.74 Å². The SMILES string of the molecule is CS(=O)(=O)c1ccc(C(=O)Nc2nc(-c3ccc4c(c3)CCO4)cs2)cc1. The Balaban J connectivity index is 1.50. The van der Waals surface area contributed by atoms with Crippen LogP contribution in [0.15, 0.2) is 52.7 Å². The molecule has 138 valence electrons. The lowest BCUT2D eigenvalue weighted by Gasteiger charge is -2.03. The van der Waals surface area contributed by atoms with Gasteiger partial charge in [0.25, 0.3) is 5.91 Å². The predicted octanol–water partition coefficient (Wildman–Crippen LogP) is 3.40. The second kappa shape index (κ2) is 6.79. The van der Waals surface area contributed by atoms with Gasteiger partial charge in [-0.1, -0.05) is 0 Å². The zero-order valence-electron chi connectivity index (χ0n) is 14.4. The van der Waals surface area contributed by atoms with E-state index in [-0.39, 0.29) is 10.8 Å². The topological polar surface area (TPSA) is 85.4 Å². The summed E-state index contributed by atoms with van der Waals surface area (Å²) < 4.78 is 28.5. The van der Waals surface area contributed by atoms with Gasteiger partial charge in [0.1, 0.15) is 5.75 Å². The van der Waals surface area contributed by atoms with Gasteiger partial charge < -0.3 is 4.74 Å². The first-order valence-electron chi connectivity index (χ1n) is 8.23. The Labute approximate surface area is 160 Å². The largest absolute Gasteiger partial charge is 0.493 e. The molecule has 2 heterocycles. The van der Waals surface area contributed by atoms with E-state index < -0.39 is 9.84 Å². The molecule has 0 bridgehead atoms. The van der Waals surface area contributed by atoms with Gasteiger partial charge in [-0.15, -0.1) is 11.3 Å². The Bertz CT molecular complexity index is 1120. The molecule has 2 aromatic carbocycles. The van der Waals surface area contributed by atoms with Crippen molar-refractivity contribution in [3.63, 3.8) is 0 Å². The number of rotatable bonds is 4. The van der Waals surface area contributed by atoms with E-state index in [0.29, 0.717) is 17.3 Å². The highest BCUT2D eigenvalue weighted by atomic mass is 32.2. The lowest BCUT2D eigenvalue weighted by Crippen LogP contribution is -2.11. The lowest BCUT2D eigenvalue weighted by atomic mass is 10.1. The zero-order chi connectivity index (χ0) is 19.0. The van der Waals surface area contributed by atoms with E-state index in [1.54, 1.807) is 0 Å². The molecule has 1 aromatic heterocycles. The van der Waals surface area contributed by atoms with Gasteiger partial charge in [-0.05, 0) is 48.0 Å². The standard InChI is InChI=1S/C19H16N2O4S2/c1-27(23,24)15-5-2-12(3-6-15)18(22)21-19-20-16(11-26-19)13-4-7-17-14(10-13)8-9-25-17/h2-7,10-11H,8-9H2,1H3,(H,20,21,22). The second-order valence-electron chi connectivity index (χ2n) is 6.21. The number of thiazole rings is 1. The smallest absolute Gasteiger partial charge is 0.257 e. The van der Waals surface area contributed by atoms with Crippen LogP contribution in [0.2, 0.25) is 0 Å². The van der Waals surface area contributed by atoms with Gasteiger partial charge in [0.15, 0.2) is 15.0 Å². The minimum atomic E-state index is -3.29. The van der Waals surface area contributed by atoms with Crippen molar-refractivity contribution in [2.75, 3.05) is 18.2 Å². The number of fused-ring (bicyclic) bond motifs is 1. The van der Waals surface area contributed by atoms with Crippen molar-refractivity contribution in [1.82, 2.24) is 4.98 Å². The number of anilines is 1. The Morgan fingerprint density at radius 2 is 1.96 bits per heavy atom. The van der Waals surface area contributed by atoms with Crippen LogP contribution in [0.1, 0.15) is 15.9 Å². The molecule has 4 rings (SSSR count). The molecule has 0 aliphatic carbocycles. The first-order chi connectivity index (χ1) is 12.9. The highest BCUT2D eigenvalue weighted by molar-refractivity contribution is 7.90. The van der Waals surface area contributed by atoms with Gasteiger partial charge in [-0.3, -0.25) is 10.1 Å². The van der Waals surface area contributed by atoms with Crippen LogP contribution in [-0.4, -0.2) is 32.2 Å². The van der Waals surface area contributed by atoms with Crippen molar-refractivity contribution >= 4 is 32.2 Å². The molecule has 27 heavy (non-hydrogen) atoms. The fourth-order valence-corrected chi connectivity index (χ4v) is 4.18. The van der Waals surface area contributed by atoms with Crippen molar-refractivity contribution in [2.45, 2.75) is 11.3 Å². The number of carbonyl (C=O) groups excluding carboxylic acids is 1. The number of aromatic nitrogens is 1. The van der Waals surface area contributed by atoms with E-state index in [1.807, 2.05) is 17.5 Å². The zero-order valence-corrected chi connectivity index (χ0v) is 16.1. The van der Waals surface area contributed by atoms with E-state index in [9.17, 15) is 13.2 Å². The number of amides is 1. The molecule has 0 unspecified atom stereocenters. The molecule has 8 heteroatoms. The van der Waals surface area contributed by atoms with Crippen LogP contribution in [0.3, 0.4) is 0 Å². The first-order valence-corrected chi connectivity index (χ1v) is 11.0. The third-order valence-electron chi connectivity index (χ3n) is 4.25. The fourth-order valence-electron chi connectivity index (χ4n) is 2.83. The lowest BCUT2D eigenvalue weighted by molar-refractivity contribution is 0.102. The summed E-state index contributed by atoms with van der Waals surface area (Å²) in [4.78, 5) is 17.0. The summed E-state index contributed by atoms with van der Waals surface area (Å²) in [6.45, 7) is 0.704. The highest BCUT2D eigenvalue weighted by Crippen LogP contribution is 2.32. The molecule has 0 saturated heterocycles. The fraction of sp³-hybridized carbons (Fsp3) is 0.158. The Hall–Kier alpha value is -2.71. The van der Waals surface area contributed by atoms with E-state index >= 15 is 0 Å². The number of benzene rings is 2. The van der Waals surface area contributed by atoms with E-state index in [0.717, 1.165) is 35.2 Å². The van der Waals surface area contributed by atoms with Gasteiger partial charge in [0.2, 0.25) is 0 Å². The van der Waals surface area contributed by atoms with Crippen LogP contribution in [0, 0.1) is 0 Å². The van der Waals surface area contributed by atoms with Crippen LogP contribution in [0.25, 0.3) is 11.3 Å². The molecule has 0 radical (unpaired) electrons. The molecule has 1 aliphatic rings. The number of hydrogen-bond donors (Lipinski definition) is 1. The molecule has 0 atom stereocenters. The Morgan fingerprint density at radius 3 is 2.70 bits per heavy atom. The molecule has 1 N–H and O–H groups in total. The average Bonchev–Trinajstić information content (AvgIpc) is 3.29. The molecule has 0 spiro atoms. The Kier molecular flexibility index (Phi) is 4.45. The van der Waals surface area contributed by atoms with Gasteiger partial charge >= 0.3 is 0 Å². The van der Waals surface area contributed by atoms with E-state index in [2.05, 4.69) is 16.4 Å². The molecule has 1 amide bonds. The predicted molar refractivity (Wildman–Crippen MR) is 104 cm³/mol. The van der Waals surface area contributed by atoms with Crippen LogP contribution in [-0.2, 0) is 16.3 Å². The molecule has 0 fully saturated rings. The summed E-state index contributed by atoms with van der Waals surface area (Å²) in [6.07, 6.45) is 2.02. The molecule has 3 aromatic rings. The molecular weight excluding hydrogens is 384 g/mol. The number of nitrogens with one attached hydrogen (secondary N) is 1. The minimum Gasteiger partial charge on any atom is -0.493 e. The van der Waals surface area contributed by atoms with Crippen molar-refractivity contribution in [1.29, 1.82) is 0 Å². The quantitative estimate of drug-likeness (QED) is 0.725. The first kappa shape index (κ1) is 17.7. The van der Waals surface area contributed by atoms with Crippen molar-refractivity contribution in [2.24, 2.45) is 0 Å². The summed E-state index contributed by atoms with van der Waals surface area (Å²) >= 11 is 1.34. The summed E-state index contributed by atoms with van der Waals surface area (Å²) in [7, 11) is -3.29. The number of nitrogens with zero attached hydrogens (tertiary/aromatic N) is 1. The molecule has 6 nitrogen and oxygen atoms in total. The normalized spacial score (nSPS) is 13.1. The highest BCUT2D eigenvalue weighted by Gasteiger charge is 2.15. The summed E-state index contributed by atoms with van der Waals surface area (Å²) in [5.41, 5.74) is 3.30. The molecule has 1 aliphatic heterocycles. The van der Waals surface area contributed by atoms with Gasteiger partial charge in [-0.25, -0.2) is 13.4 Å². The third kappa shape index (κ3) is 3.72. The number of ether oxygens (including phenoxy) is 1. The summed E-state index contributed by atoms with van der Waals surface area (Å²) in [5, 5.41) is 5.13. The monoisotopic (exact) mass is 400 g/mol. The number of sulfone groups is 1.